The van der Waals surface area contributed by atoms with Gasteiger partial charge < -0.3 is 4.98 Å². The average molecular weight is 107 g/mol. The van der Waals surface area contributed by atoms with E-state index in [9.17, 15) is 0 Å². The summed E-state index contributed by atoms with van der Waals surface area (Å²) in [4.78, 5) is 6.76. The van der Waals surface area contributed by atoms with Crippen LogP contribution in [0.2, 0.25) is 0 Å². The fraction of sp³-hybridized carbons (Fsp3) is 0.167. The van der Waals surface area contributed by atoms with E-state index in [0.717, 1.165) is 11.4 Å². The lowest BCUT2D eigenvalue weighted by atomic mass is 10.3. The number of hydrogen-bond donors (Lipinski definition) is 1. The van der Waals surface area contributed by atoms with Gasteiger partial charge in [0.25, 0.3) is 0 Å². The zero-order valence-electron chi connectivity index (χ0n) is 4.68. The van der Waals surface area contributed by atoms with Crippen molar-refractivity contribution in [2.45, 2.75) is 6.92 Å². The number of aromatic nitrogens is 2. The molecule has 1 N–H and O–H groups in total. The van der Waals surface area contributed by atoms with Crippen molar-refractivity contribution in [2.24, 2.45) is 0 Å². The standard InChI is InChI=1S/C6H7N2/c1-5(2)6-7-3-4-8-6/h1,3-4H,2H3,(H,7,8). The molecule has 0 aliphatic carbocycles. The van der Waals surface area contributed by atoms with Gasteiger partial charge in [0.15, 0.2) is 0 Å². The summed E-state index contributed by atoms with van der Waals surface area (Å²) in [6.07, 6.45) is 3.41. The molecule has 0 aliphatic rings. The Kier molecular flexibility index (Phi) is 1.16. The molecule has 0 unspecified atom stereocenters. The maximum Gasteiger partial charge on any atom is 0.132 e. The molecule has 8 heavy (non-hydrogen) atoms. The van der Waals surface area contributed by atoms with Gasteiger partial charge in [-0.25, -0.2) is 4.98 Å². The molecule has 1 aromatic rings. The number of rotatable bonds is 1. The van der Waals surface area contributed by atoms with Crippen LogP contribution in [0.15, 0.2) is 12.4 Å². The average Bonchev–Trinajstić information content (AvgIpc) is 2.12. The number of imidazole rings is 1. The predicted octanol–water partition coefficient (Wildman–Crippen LogP) is 1.25. The van der Waals surface area contributed by atoms with Crippen LogP contribution in [0.3, 0.4) is 0 Å². The van der Waals surface area contributed by atoms with Crippen molar-refractivity contribution >= 4 is 5.57 Å². The first kappa shape index (κ1) is 5.09. The molecular formula is C6H7N2. The molecule has 0 atom stereocenters. The molecule has 0 aliphatic heterocycles. The van der Waals surface area contributed by atoms with Gasteiger partial charge in [0, 0.05) is 12.4 Å². The number of hydrogen-bond acceptors (Lipinski definition) is 1. The Morgan fingerprint density at radius 2 is 2.62 bits per heavy atom. The monoisotopic (exact) mass is 107 g/mol. The van der Waals surface area contributed by atoms with Gasteiger partial charge in [0.2, 0.25) is 0 Å². The summed E-state index contributed by atoms with van der Waals surface area (Å²) in [6, 6.07) is 0. The Labute approximate surface area is 48.3 Å². The third-order valence-electron chi connectivity index (χ3n) is 0.872. The number of aromatic amines is 1. The highest BCUT2D eigenvalue weighted by Crippen LogP contribution is 2.00. The van der Waals surface area contributed by atoms with Crippen LogP contribution in [0.25, 0.3) is 5.57 Å². The smallest absolute Gasteiger partial charge is 0.132 e. The van der Waals surface area contributed by atoms with Gasteiger partial charge in [-0.3, -0.25) is 0 Å². The molecule has 0 saturated heterocycles. The van der Waals surface area contributed by atoms with Crippen molar-refractivity contribution in [1.82, 2.24) is 9.97 Å². The van der Waals surface area contributed by atoms with E-state index >= 15 is 0 Å². The molecule has 2 nitrogen and oxygen atoms in total. The van der Waals surface area contributed by atoms with Crippen molar-refractivity contribution in [3.8, 4) is 0 Å². The molecule has 1 aromatic heterocycles. The van der Waals surface area contributed by atoms with Crippen LogP contribution in [-0.4, -0.2) is 9.97 Å². The summed E-state index contributed by atoms with van der Waals surface area (Å²) in [6.45, 7) is 7.19. The van der Waals surface area contributed by atoms with E-state index in [-0.39, 0.29) is 0 Å². The highest BCUT2D eigenvalue weighted by molar-refractivity contribution is 5.51. The molecule has 0 bridgehead atoms. The fourth-order valence-corrected chi connectivity index (χ4v) is 0.481. The van der Waals surface area contributed by atoms with E-state index in [1.165, 1.54) is 0 Å². The summed E-state index contributed by atoms with van der Waals surface area (Å²) in [5, 5.41) is 0. The Morgan fingerprint density at radius 3 is 2.88 bits per heavy atom. The minimum Gasteiger partial charge on any atom is -0.345 e. The lowest BCUT2D eigenvalue weighted by Gasteiger charge is -1.86. The van der Waals surface area contributed by atoms with Crippen molar-refractivity contribution in [1.29, 1.82) is 0 Å². The molecule has 2 heteroatoms. The van der Waals surface area contributed by atoms with Gasteiger partial charge in [-0.15, -0.1) is 0 Å². The van der Waals surface area contributed by atoms with E-state index in [2.05, 4.69) is 9.97 Å². The zero-order chi connectivity index (χ0) is 5.98. The van der Waals surface area contributed by atoms with E-state index in [4.69, 9.17) is 6.58 Å². The van der Waals surface area contributed by atoms with Crippen molar-refractivity contribution in [3.05, 3.63) is 24.8 Å². The van der Waals surface area contributed by atoms with Gasteiger partial charge in [0.1, 0.15) is 5.82 Å². The van der Waals surface area contributed by atoms with Gasteiger partial charge >= 0.3 is 0 Å². The maximum absolute atomic E-state index is 5.38. The molecule has 1 radical (unpaired) electrons. The molecule has 1 heterocycles. The normalized spacial score (nSPS) is 9.12. The van der Waals surface area contributed by atoms with Gasteiger partial charge in [-0.05, 0) is 12.5 Å². The largest absolute Gasteiger partial charge is 0.345 e. The third kappa shape index (κ3) is 0.780. The van der Waals surface area contributed by atoms with Crippen LogP contribution in [0.4, 0.5) is 0 Å². The summed E-state index contributed by atoms with van der Waals surface area (Å²) < 4.78 is 0. The SMILES string of the molecule is [CH]=C(C)c1ncc[nH]1. The second-order valence-electron chi connectivity index (χ2n) is 1.62. The third-order valence-corrected chi connectivity index (χ3v) is 0.872. The second-order valence-corrected chi connectivity index (χ2v) is 1.62. The Morgan fingerprint density at radius 1 is 1.88 bits per heavy atom. The van der Waals surface area contributed by atoms with E-state index in [1.54, 1.807) is 19.3 Å². The van der Waals surface area contributed by atoms with Crippen LogP contribution in [0.1, 0.15) is 12.7 Å². The Hall–Kier alpha value is -1.05. The van der Waals surface area contributed by atoms with Crippen LogP contribution in [0, 0.1) is 6.58 Å². The minimum atomic E-state index is 0.718. The molecule has 1 rings (SSSR count). The molecule has 0 fully saturated rings. The zero-order valence-corrected chi connectivity index (χ0v) is 4.68. The number of H-pyrrole nitrogens is 1. The van der Waals surface area contributed by atoms with Crippen LogP contribution in [0.5, 0.6) is 0 Å². The topological polar surface area (TPSA) is 28.7 Å². The first-order valence-electron chi connectivity index (χ1n) is 2.39. The lowest BCUT2D eigenvalue weighted by Crippen LogP contribution is -1.77. The summed E-state index contributed by atoms with van der Waals surface area (Å²) >= 11 is 0. The first-order chi connectivity index (χ1) is 3.80. The molecule has 41 valence electrons. The van der Waals surface area contributed by atoms with E-state index in [1.807, 2.05) is 0 Å². The summed E-state index contributed by atoms with van der Waals surface area (Å²) in [5.74, 6) is 0.755. The molecule has 0 aromatic carbocycles. The maximum atomic E-state index is 5.38. The Balaban J connectivity index is 2.93. The number of nitrogens with one attached hydrogen (secondary N) is 1. The first-order valence-corrected chi connectivity index (χ1v) is 2.39. The quantitative estimate of drug-likeness (QED) is 0.574. The second kappa shape index (κ2) is 1.82. The van der Waals surface area contributed by atoms with Crippen LogP contribution < -0.4 is 0 Å². The fourth-order valence-electron chi connectivity index (χ4n) is 0.481. The Bertz CT molecular complexity index is 174. The van der Waals surface area contributed by atoms with Crippen LogP contribution in [-0.2, 0) is 0 Å². The van der Waals surface area contributed by atoms with Gasteiger partial charge in [0.05, 0.1) is 0 Å². The summed E-state index contributed by atoms with van der Waals surface area (Å²) in [5.41, 5.74) is 0.718. The summed E-state index contributed by atoms with van der Waals surface area (Å²) in [7, 11) is 0. The number of nitrogens with zero attached hydrogens (tertiary/aromatic N) is 1. The van der Waals surface area contributed by atoms with Crippen molar-refractivity contribution in [3.63, 3.8) is 0 Å². The molecule has 0 amide bonds. The van der Waals surface area contributed by atoms with Crippen molar-refractivity contribution in [2.75, 3.05) is 0 Å². The highest BCUT2D eigenvalue weighted by Gasteiger charge is 1.89. The minimum absolute atomic E-state index is 0.718. The molecule has 0 saturated carbocycles. The van der Waals surface area contributed by atoms with Gasteiger partial charge in [-0.1, -0.05) is 6.58 Å². The van der Waals surface area contributed by atoms with E-state index in [0.29, 0.717) is 0 Å². The predicted molar refractivity (Wildman–Crippen MR) is 32.0 cm³/mol. The van der Waals surface area contributed by atoms with Gasteiger partial charge in [-0.2, -0.15) is 0 Å². The van der Waals surface area contributed by atoms with Crippen LogP contribution >= 0.6 is 0 Å². The number of allylic oxidation sites excluding steroid dienone is 1. The van der Waals surface area contributed by atoms with Crippen molar-refractivity contribution < 1.29 is 0 Å². The highest BCUT2D eigenvalue weighted by atomic mass is 14.9. The molecular weight excluding hydrogens is 100 g/mol. The lowest BCUT2D eigenvalue weighted by molar-refractivity contribution is 1.23. The van der Waals surface area contributed by atoms with E-state index < -0.39 is 0 Å². The molecule has 0 spiro atoms.